The number of rotatable bonds is 6. The molecule has 0 saturated heterocycles. The summed E-state index contributed by atoms with van der Waals surface area (Å²) in [6.45, 7) is 3.60. The molecule has 0 aliphatic rings. The molecule has 0 radical (unpaired) electrons. The van der Waals surface area contributed by atoms with Crippen LogP contribution < -0.4 is 0 Å². The van der Waals surface area contributed by atoms with Gasteiger partial charge in [0.25, 0.3) is 0 Å². The Morgan fingerprint density at radius 3 is 2.25 bits per heavy atom. The molecule has 1 rings (SSSR count). The summed E-state index contributed by atoms with van der Waals surface area (Å²) in [5.74, 6) is 0.478. The number of hydrogen-bond acceptors (Lipinski definition) is 2. The Morgan fingerprint density at radius 1 is 1.12 bits per heavy atom. The van der Waals surface area contributed by atoms with Crippen LogP contribution >= 0.6 is 0 Å². The summed E-state index contributed by atoms with van der Waals surface area (Å²) in [6, 6.07) is 9.26. The van der Waals surface area contributed by atoms with E-state index in [0.717, 1.165) is 12.0 Å². The van der Waals surface area contributed by atoms with Crippen molar-refractivity contribution < 1.29 is 9.59 Å². The summed E-state index contributed by atoms with van der Waals surface area (Å²) >= 11 is 0. The summed E-state index contributed by atoms with van der Waals surface area (Å²) in [6.07, 6.45) is 1.85. The van der Waals surface area contributed by atoms with Gasteiger partial charge in [-0.05, 0) is 12.8 Å². The van der Waals surface area contributed by atoms with Crippen molar-refractivity contribution in [2.75, 3.05) is 0 Å². The lowest BCUT2D eigenvalue weighted by molar-refractivity contribution is -0.117. The van der Waals surface area contributed by atoms with Crippen LogP contribution in [-0.4, -0.2) is 11.6 Å². The highest BCUT2D eigenvalue weighted by atomic mass is 16.1. The summed E-state index contributed by atoms with van der Waals surface area (Å²) in [5, 5.41) is 0. The first kappa shape index (κ1) is 12.6. The lowest BCUT2D eigenvalue weighted by Gasteiger charge is -2.11. The molecule has 86 valence electrons. The molecule has 1 aromatic carbocycles. The SMILES string of the molecule is CCC(CC(C)=O)CC(=O)c1ccccc1. The number of Topliss-reactive ketones (excluding diaryl/α,β-unsaturated/α-hetero) is 2. The number of carbonyl (C=O) groups excluding carboxylic acids is 2. The molecular formula is C14H18O2. The average molecular weight is 218 g/mol. The van der Waals surface area contributed by atoms with Gasteiger partial charge in [-0.15, -0.1) is 0 Å². The van der Waals surface area contributed by atoms with Gasteiger partial charge in [-0.3, -0.25) is 4.79 Å². The summed E-state index contributed by atoms with van der Waals surface area (Å²) < 4.78 is 0. The maximum atomic E-state index is 11.9. The van der Waals surface area contributed by atoms with Crippen LogP contribution in [0.2, 0.25) is 0 Å². The van der Waals surface area contributed by atoms with E-state index in [9.17, 15) is 9.59 Å². The van der Waals surface area contributed by atoms with Gasteiger partial charge < -0.3 is 4.79 Å². The highest BCUT2D eigenvalue weighted by Gasteiger charge is 2.15. The van der Waals surface area contributed by atoms with E-state index in [4.69, 9.17) is 0 Å². The lowest BCUT2D eigenvalue weighted by Crippen LogP contribution is -2.11. The second kappa shape index (κ2) is 6.21. The molecule has 2 nitrogen and oxygen atoms in total. The van der Waals surface area contributed by atoms with Gasteiger partial charge in [0.1, 0.15) is 5.78 Å². The predicted octanol–water partition coefficient (Wildman–Crippen LogP) is 3.26. The standard InChI is InChI=1S/C14H18O2/c1-3-12(9-11(2)15)10-14(16)13-7-5-4-6-8-13/h4-8,12H,3,9-10H2,1-2H3. The molecule has 0 fully saturated rings. The Labute approximate surface area is 96.7 Å². The van der Waals surface area contributed by atoms with E-state index in [1.807, 2.05) is 37.3 Å². The van der Waals surface area contributed by atoms with Gasteiger partial charge in [0.05, 0.1) is 0 Å². The zero-order valence-electron chi connectivity index (χ0n) is 9.90. The van der Waals surface area contributed by atoms with Gasteiger partial charge in [0, 0.05) is 18.4 Å². The third-order valence-corrected chi connectivity index (χ3v) is 2.72. The second-order valence-electron chi connectivity index (χ2n) is 4.17. The van der Waals surface area contributed by atoms with E-state index in [1.54, 1.807) is 6.92 Å². The van der Waals surface area contributed by atoms with Crippen LogP contribution in [-0.2, 0) is 4.79 Å². The van der Waals surface area contributed by atoms with E-state index in [2.05, 4.69) is 0 Å². The van der Waals surface area contributed by atoms with Crippen LogP contribution in [0.3, 0.4) is 0 Å². The molecule has 1 aromatic rings. The maximum Gasteiger partial charge on any atom is 0.163 e. The first-order chi connectivity index (χ1) is 7.63. The molecule has 0 aliphatic carbocycles. The number of benzene rings is 1. The zero-order chi connectivity index (χ0) is 12.0. The van der Waals surface area contributed by atoms with Crippen molar-refractivity contribution in [2.24, 2.45) is 5.92 Å². The minimum absolute atomic E-state index is 0.133. The fraction of sp³-hybridized carbons (Fsp3) is 0.429. The van der Waals surface area contributed by atoms with Crippen LogP contribution in [0, 0.1) is 5.92 Å². The Kier molecular flexibility index (Phi) is 4.90. The molecular weight excluding hydrogens is 200 g/mol. The van der Waals surface area contributed by atoms with Crippen LogP contribution in [0.15, 0.2) is 30.3 Å². The molecule has 0 saturated carbocycles. The van der Waals surface area contributed by atoms with Crippen LogP contribution in [0.25, 0.3) is 0 Å². The fourth-order valence-electron chi connectivity index (χ4n) is 1.77. The highest BCUT2D eigenvalue weighted by molar-refractivity contribution is 5.96. The smallest absolute Gasteiger partial charge is 0.163 e. The number of carbonyl (C=O) groups is 2. The second-order valence-corrected chi connectivity index (χ2v) is 4.17. The highest BCUT2D eigenvalue weighted by Crippen LogP contribution is 2.17. The lowest BCUT2D eigenvalue weighted by atomic mass is 9.92. The molecule has 1 atom stereocenters. The van der Waals surface area contributed by atoms with Crippen molar-refractivity contribution in [2.45, 2.75) is 33.1 Å². The molecule has 0 aromatic heterocycles. The average Bonchev–Trinajstić information content (AvgIpc) is 2.28. The Morgan fingerprint density at radius 2 is 1.75 bits per heavy atom. The van der Waals surface area contributed by atoms with Crippen molar-refractivity contribution in [3.05, 3.63) is 35.9 Å². The number of ketones is 2. The van der Waals surface area contributed by atoms with Crippen molar-refractivity contribution in [1.82, 2.24) is 0 Å². The molecule has 0 amide bonds. The van der Waals surface area contributed by atoms with Crippen molar-refractivity contribution in [3.63, 3.8) is 0 Å². The quantitative estimate of drug-likeness (QED) is 0.687. The van der Waals surface area contributed by atoms with Gasteiger partial charge in [0.15, 0.2) is 5.78 Å². The van der Waals surface area contributed by atoms with Gasteiger partial charge in [0.2, 0.25) is 0 Å². The Hall–Kier alpha value is -1.44. The maximum absolute atomic E-state index is 11.9. The summed E-state index contributed by atoms with van der Waals surface area (Å²) in [4.78, 5) is 22.9. The summed E-state index contributed by atoms with van der Waals surface area (Å²) in [5.41, 5.74) is 0.740. The molecule has 2 heteroatoms. The van der Waals surface area contributed by atoms with Crippen LogP contribution in [0.4, 0.5) is 0 Å². The topological polar surface area (TPSA) is 34.1 Å². The third-order valence-electron chi connectivity index (χ3n) is 2.72. The Bertz CT molecular complexity index is 354. The van der Waals surface area contributed by atoms with Crippen molar-refractivity contribution in [3.8, 4) is 0 Å². The minimum Gasteiger partial charge on any atom is -0.300 e. The molecule has 0 heterocycles. The molecule has 0 bridgehead atoms. The summed E-state index contributed by atoms with van der Waals surface area (Å²) in [7, 11) is 0. The first-order valence-electron chi connectivity index (χ1n) is 5.71. The molecule has 1 unspecified atom stereocenters. The van der Waals surface area contributed by atoms with Crippen molar-refractivity contribution in [1.29, 1.82) is 0 Å². The van der Waals surface area contributed by atoms with Gasteiger partial charge in [-0.25, -0.2) is 0 Å². The monoisotopic (exact) mass is 218 g/mol. The first-order valence-corrected chi connectivity index (χ1v) is 5.71. The predicted molar refractivity (Wildman–Crippen MR) is 64.5 cm³/mol. The van der Waals surface area contributed by atoms with E-state index in [0.29, 0.717) is 12.8 Å². The van der Waals surface area contributed by atoms with Crippen molar-refractivity contribution >= 4 is 11.6 Å². The van der Waals surface area contributed by atoms with Gasteiger partial charge in [-0.2, -0.15) is 0 Å². The molecule has 0 spiro atoms. The number of hydrogen-bond donors (Lipinski definition) is 0. The van der Waals surface area contributed by atoms with E-state index in [-0.39, 0.29) is 17.5 Å². The van der Waals surface area contributed by atoms with Gasteiger partial charge in [-0.1, -0.05) is 43.7 Å². The third kappa shape index (κ3) is 3.97. The minimum atomic E-state index is 0.133. The zero-order valence-corrected chi connectivity index (χ0v) is 9.90. The van der Waals surface area contributed by atoms with Gasteiger partial charge >= 0.3 is 0 Å². The Balaban J connectivity index is 2.59. The molecule has 16 heavy (non-hydrogen) atoms. The van der Waals surface area contributed by atoms with Crippen LogP contribution in [0.5, 0.6) is 0 Å². The molecule has 0 aliphatic heterocycles. The normalized spacial score (nSPS) is 12.1. The largest absolute Gasteiger partial charge is 0.300 e. The van der Waals surface area contributed by atoms with Crippen LogP contribution in [0.1, 0.15) is 43.5 Å². The fourth-order valence-corrected chi connectivity index (χ4v) is 1.77. The van der Waals surface area contributed by atoms with E-state index < -0.39 is 0 Å². The van der Waals surface area contributed by atoms with E-state index in [1.165, 1.54) is 0 Å². The van der Waals surface area contributed by atoms with E-state index >= 15 is 0 Å². The molecule has 0 N–H and O–H groups in total.